The van der Waals surface area contributed by atoms with Crippen LogP contribution in [0.3, 0.4) is 0 Å². The van der Waals surface area contributed by atoms with Gasteiger partial charge in [0.05, 0.1) is 17.0 Å². The lowest BCUT2D eigenvalue weighted by Crippen LogP contribution is -2.78. The van der Waals surface area contributed by atoms with Gasteiger partial charge in [-0.2, -0.15) is 0 Å². The molecule has 1 fully saturated rings. The second-order valence-electron chi connectivity index (χ2n) is 12.5. The van der Waals surface area contributed by atoms with E-state index in [1.54, 1.807) is 0 Å². The predicted octanol–water partition coefficient (Wildman–Crippen LogP) is 4.86. The molecule has 0 unspecified atom stereocenters. The van der Waals surface area contributed by atoms with Crippen molar-refractivity contribution in [1.29, 1.82) is 0 Å². The molecule has 0 spiro atoms. The molecule has 188 valence electrons. The minimum absolute atomic E-state index is 0.357. The molecule has 10 heterocycles. The Labute approximate surface area is 225 Å². The quantitative estimate of drug-likeness (QED) is 0.265. The summed E-state index contributed by atoms with van der Waals surface area (Å²) in [6.45, 7) is 0. The molecule has 1 N–H and O–H groups in total. The van der Waals surface area contributed by atoms with E-state index in [1.165, 1.54) is 27.5 Å². The standard InChI is InChI=1S/C31H28B2N6/c1-8-26-25-9-10-27-28(26)32(14-1,36-17-3-6-22-11-16-35-29(22)36)39-20-13-24-7-4-18-38(31(24)39)33(27,21-25)37-19-12-23-5-2-15-34-30(23)37/h1-13,15-20,25-28,35H,14,21H2/t25-,26+,27-,28+,32+,33-/m1/s1. The number of nitrogens with zero attached hydrogens (tertiary/aromatic N) is 5. The fraction of sp³-hybridized carbons (Fsp3) is 0.194. The highest BCUT2D eigenvalue weighted by Gasteiger charge is 2.66. The highest BCUT2D eigenvalue weighted by atomic mass is 15.2. The van der Waals surface area contributed by atoms with Crippen molar-refractivity contribution in [1.82, 2.24) is 18.9 Å². The van der Waals surface area contributed by atoms with Crippen LogP contribution >= 0.6 is 0 Å². The van der Waals surface area contributed by atoms with Gasteiger partial charge in [-0.25, -0.2) is 4.98 Å². The van der Waals surface area contributed by atoms with E-state index in [0.717, 1.165) is 18.3 Å². The van der Waals surface area contributed by atoms with Gasteiger partial charge in [-0.3, -0.25) is 4.98 Å². The van der Waals surface area contributed by atoms with Gasteiger partial charge < -0.3 is 17.9 Å². The van der Waals surface area contributed by atoms with Crippen LogP contribution in [-0.4, -0.2) is 31.8 Å². The number of pyridine rings is 3. The lowest BCUT2D eigenvalue weighted by Gasteiger charge is -2.62. The Morgan fingerprint density at radius 2 is 1.67 bits per heavy atom. The van der Waals surface area contributed by atoms with Crippen LogP contribution in [0.2, 0.25) is 24.3 Å². The summed E-state index contributed by atoms with van der Waals surface area (Å²) in [5, 5.41) is 3.79. The van der Waals surface area contributed by atoms with E-state index >= 15 is 0 Å². The predicted molar refractivity (Wildman–Crippen MR) is 156 cm³/mol. The summed E-state index contributed by atoms with van der Waals surface area (Å²) < 4.78 is 10.6. The summed E-state index contributed by atoms with van der Waals surface area (Å²) >= 11 is 0. The average molecular weight is 506 g/mol. The zero-order valence-corrected chi connectivity index (χ0v) is 21.6. The number of H-pyrrole nitrogens is 1. The van der Waals surface area contributed by atoms with Crippen LogP contribution in [0, 0.1) is 11.8 Å². The van der Waals surface area contributed by atoms with Gasteiger partial charge in [0.2, 0.25) is 5.65 Å². The summed E-state index contributed by atoms with van der Waals surface area (Å²) in [4.78, 5) is 8.61. The van der Waals surface area contributed by atoms with Gasteiger partial charge in [-0.05, 0) is 72.6 Å². The van der Waals surface area contributed by atoms with Gasteiger partial charge in [-0.15, -0.1) is 24.3 Å². The summed E-state index contributed by atoms with van der Waals surface area (Å²) in [5.74, 6) is 1.78. The third-order valence-corrected chi connectivity index (χ3v) is 11.3. The lowest BCUT2D eigenvalue weighted by molar-refractivity contribution is -0.530. The van der Waals surface area contributed by atoms with E-state index in [4.69, 9.17) is 4.98 Å². The smallest absolute Gasteiger partial charge is 0.386 e. The number of aromatic amines is 1. The Morgan fingerprint density at radius 3 is 2.64 bits per heavy atom. The molecular weight excluding hydrogens is 478 g/mol. The van der Waals surface area contributed by atoms with E-state index < -0.39 is 12.8 Å². The second-order valence-corrected chi connectivity index (χ2v) is 12.5. The van der Waals surface area contributed by atoms with Gasteiger partial charge in [0, 0.05) is 30.2 Å². The Morgan fingerprint density at radius 1 is 0.821 bits per heavy atom. The molecule has 6 nitrogen and oxygen atoms in total. The van der Waals surface area contributed by atoms with Crippen molar-refractivity contribution in [3.63, 3.8) is 0 Å². The molecule has 0 amide bonds. The van der Waals surface area contributed by atoms with Crippen LogP contribution < -0.4 is 8.96 Å². The van der Waals surface area contributed by atoms with Gasteiger partial charge in [0.25, 0.3) is 6.42 Å². The first-order chi connectivity index (χ1) is 19.3. The molecule has 39 heavy (non-hydrogen) atoms. The molecule has 0 radical (unpaired) electrons. The normalized spacial score (nSPS) is 31.9. The minimum atomic E-state index is -1.27. The molecule has 11 rings (SSSR count). The zero-order chi connectivity index (χ0) is 25.3. The fourth-order valence-corrected chi connectivity index (χ4v) is 10.1. The Hall–Kier alpha value is -4.32. The monoisotopic (exact) mass is 506 g/mol. The van der Waals surface area contributed by atoms with E-state index in [1.807, 2.05) is 6.20 Å². The third-order valence-electron chi connectivity index (χ3n) is 11.3. The molecule has 4 aliphatic heterocycles. The van der Waals surface area contributed by atoms with Crippen LogP contribution in [0.5, 0.6) is 0 Å². The first kappa shape index (κ1) is 20.6. The summed E-state index contributed by atoms with van der Waals surface area (Å²) in [6.07, 6.45) is 23.3. The highest BCUT2D eigenvalue weighted by molar-refractivity contribution is 6.81. The van der Waals surface area contributed by atoms with Crippen molar-refractivity contribution >= 4 is 45.9 Å². The largest absolute Gasteiger partial charge is 0.467 e. The minimum Gasteiger partial charge on any atom is -0.467 e. The van der Waals surface area contributed by atoms with Crippen molar-refractivity contribution in [3.8, 4) is 0 Å². The maximum Gasteiger partial charge on any atom is 0.386 e. The molecule has 6 aromatic rings. The van der Waals surface area contributed by atoms with Crippen molar-refractivity contribution in [3.05, 3.63) is 116 Å². The Bertz CT molecular complexity index is 2050. The zero-order valence-electron chi connectivity index (χ0n) is 21.6. The Kier molecular flexibility index (Phi) is 3.60. The maximum atomic E-state index is 4.98. The lowest BCUT2D eigenvalue weighted by atomic mass is 9.15. The first-order valence-electron chi connectivity index (χ1n) is 14.4. The van der Waals surface area contributed by atoms with Gasteiger partial charge in [0.1, 0.15) is 5.65 Å². The average Bonchev–Trinajstić information content (AvgIpc) is 3.74. The van der Waals surface area contributed by atoms with Crippen LogP contribution in [0.25, 0.3) is 33.1 Å². The van der Waals surface area contributed by atoms with Crippen LogP contribution in [0.15, 0.2) is 116 Å². The van der Waals surface area contributed by atoms with Gasteiger partial charge in [-0.1, -0.05) is 24.3 Å². The molecule has 1 saturated heterocycles. The summed E-state index contributed by atoms with van der Waals surface area (Å²) in [7, 11) is 0. The van der Waals surface area contributed by atoms with Crippen LogP contribution in [0.4, 0.5) is 0 Å². The van der Waals surface area contributed by atoms with Crippen molar-refractivity contribution in [2.24, 2.45) is 11.8 Å². The number of hydrogen-bond donors (Lipinski definition) is 1. The Balaban J connectivity index is 1.41. The molecule has 5 aliphatic rings. The number of hydrogen-bond acceptors (Lipinski definition) is 1. The molecular formula is C31H28B2N6. The van der Waals surface area contributed by atoms with Crippen molar-refractivity contribution in [2.75, 3.05) is 0 Å². The molecule has 6 aromatic heterocycles. The van der Waals surface area contributed by atoms with E-state index in [0.29, 0.717) is 23.5 Å². The van der Waals surface area contributed by atoms with E-state index in [9.17, 15) is 0 Å². The molecule has 1 aliphatic carbocycles. The van der Waals surface area contributed by atoms with E-state index in [2.05, 4.69) is 133 Å². The van der Waals surface area contributed by atoms with Crippen LogP contribution in [0.1, 0.15) is 0 Å². The number of rotatable bonds is 2. The molecule has 4 bridgehead atoms. The molecule has 0 aromatic carbocycles. The van der Waals surface area contributed by atoms with E-state index in [-0.39, 0.29) is 0 Å². The topological polar surface area (TPSA) is 46.3 Å². The number of allylic oxidation sites excluding steroid dienone is 4. The highest BCUT2D eigenvalue weighted by Crippen LogP contribution is 2.62. The second kappa shape index (κ2) is 6.81. The van der Waals surface area contributed by atoms with Crippen molar-refractivity contribution < 1.29 is 8.96 Å². The third kappa shape index (κ3) is 2.21. The summed E-state index contributed by atoms with van der Waals surface area (Å²) in [6, 6.07) is 20.1. The molecule has 8 heteroatoms. The maximum absolute atomic E-state index is 4.98. The molecule has 6 atom stereocenters. The fourth-order valence-electron chi connectivity index (χ4n) is 10.1. The van der Waals surface area contributed by atoms with Crippen molar-refractivity contribution in [2.45, 2.75) is 24.3 Å². The first-order valence-corrected chi connectivity index (χ1v) is 14.4. The summed E-state index contributed by atoms with van der Waals surface area (Å²) in [5.41, 5.74) is 3.65. The van der Waals surface area contributed by atoms with Gasteiger partial charge in [0.15, 0.2) is 5.65 Å². The number of nitrogens with one attached hydrogen (secondary N) is 1. The SMILES string of the molecule is C1=C[C@@H]2[C@H]3[C@H]4C=C[C@@H]2C[B@@-]4(n2ccc4cccnc42)[n+]2cccc4ccn(c42)[B@@-]3([n+]2cccc3cc[nH]c32)C1. The van der Waals surface area contributed by atoms with Crippen LogP contribution in [-0.2, 0) is 0 Å². The number of fused-ring (bicyclic) bond motifs is 3. The number of aromatic nitrogens is 6. The molecule has 0 saturated carbocycles. The van der Waals surface area contributed by atoms with Gasteiger partial charge >= 0.3 is 6.42 Å².